The molecule has 0 aliphatic carbocycles. The van der Waals surface area contributed by atoms with Gasteiger partial charge in [-0.15, -0.1) is 0 Å². The standard InChI is InChI=1S/C23H23N5O8/c1-12(29)33-9-16-18(34-13(2)30)19(35-14(3)31)23(36-16)28-11-26-20-17(24-10-25-20)21(28)27-22(32)15-7-5-4-6-8-15/h4-8,10-11,16,18-19,23H,9H2,1-3H3,(H,24,25)/t16-,18-,19-,23-/m1/s1. The van der Waals surface area contributed by atoms with E-state index in [9.17, 15) is 19.2 Å². The lowest BCUT2D eigenvalue weighted by molar-refractivity contribution is -0.166. The quantitative estimate of drug-likeness (QED) is 0.381. The fourth-order valence-electron chi connectivity index (χ4n) is 3.81. The zero-order chi connectivity index (χ0) is 25.8. The molecule has 3 heterocycles. The van der Waals surface area contributed by atoms with E-state index in [0.29, 0.717) is 11.1 Å². The fourth-order valence-corrected chi connectivity index (χ4v) is 3.81. The van der Waals surface area contributed by atoms with Crippen LogP contribution in [0.1, 0.15) is 37.4 Å². The Balaban J connectivity index is 1.85. The summed E-state index contributed by atoms with van der Waals surface area (Å²) in [6, 6.07) is 8.40. The molecule has 0 unspecified atom stereocenters. The molecule has 0 radical (unpaired) electrons. The molecule has 1 aliphatic heterocycles. The number of aromatic nitrogens is 4. The molecule has 1 aliphatic rings. The summed E-state index contributed by atoms with van der Waals surface area (Å²) in [6.45, 7) is 3.31. The maximum Gasteiger partial charge on any atom is 0.303 e. The van der Waals surface area contributed by atoms with E-state index < -0.39 is 48.4 Å². The van der Waals surface area contributed by atoms with Crippen molar-refractivity contribution in [2.45, 2.75) is 45.3 Å². The molecule has 4 rings (SSSR count). The summed E-state index contributed by atoms with van der Waals surface area (Å²) >= 11 is 0. The van der Waals surface area contributed by atoms with Gasteiger partial charge in [0.1, 0.15) is 24.6 Å². The molecule has 1 fully saturated rings. The summed E-state index contributed by atoms with van der Waals surface area (Å²) in [6.07, 6.45) is -1.74. The lowest BCUT2D eigenvalue weighted by Gasteiger charge is -2.24. The third-order valence-corrected chi connectivity index (χ3v) is 5.23. The molecule has 0 bridgehead atoms. The zero-order valence-electron chi connectivity index (χ0n) is 19.6. The van der Waals surface area contributed by atoms with Gasteiger partial charge in [-0.3, -0.25) is 23.7 Å². The Hall–Kier alpha value is -4.39. The first-order valence-electron chi connectivity index (χ1n) is 10.9. The second-order valence-corrected chi connectivity index (χ2v) is 7.88. The normalized spacial score (nSPS) is 21.8. The average Bonchev–Trinajstić information content (AvgIpc) is 3.43. The van der Waals surface area contributed by atoms with Gasteiger partial charge in [-0.2, -0.15) is 4.99 Å². The number of nitrogens with one attached hydrogen (secondary N) is 1. The van der Waals surface area contributed by atoms with Crippen molar-refractivity contribution in [1.82, 2.24) is 19.5 Å². The summed E-state index contributed by atoms with van der Waals surface area (Å²) in [5.74, 6) is -2.47. The molecule has 36 heavy (non-hydrogen) atoms. The molecule has 188 valence electrons. The van der Waals surface area contributed by atoms with E-state index in [0.717, 1.165) is 0 Å². The minimum absolute atomic E-state index is 0.0863. The van der Waals surface area contributed by atoms with Gasteiger partial charge in [0.25, 0.3) is 5.91 Å². The first-order chi connectivity index (χ1) is 17.2. The van der Waals surface area contributed by atoms with Gasteiger partial charge in [-0.1, -0.05) is 18.2 Å². The summed E-state index contributed by atoms with van der Waals surface area (Å²) in [4.78, 5) is 63.8. The molecule has 1 saturated heterocycles. The molecule has 3 aromatic rings. The largest absolute Gasteiger partial charge is 0.463 e. The van der Waals surface area contributed by atoms with Crippen LogP contribution in [0.25, 0.3) is 11.2 Å². The number of benzene rings is 1. The highest BCUT2D eigenvalue weighted by Gasteiger charge is 2.50. The molecule has 13 heteroatoms. The number of nitrogens with zero attached hydrogens (tertiary/aromatic N) is 4. The highest BCUT2D eigenvalue weighted by atomic mass is 16.7. The van der Waals surface area contributed by atoms with Crippen molar-refractivity contribution in [3.8, 4) is 0 Å². The third kappa shape index (κ3) is 5.30. The number of aromatic amines is 1. The smallest absolute Gasteiger partial charge is 0.303 e. The van der Waals surface area contributed by atoms with Crippen molar-refractivity contribution < 1.29 is 38.1 Å². The highest BCUT2D eigenvalue weighted by Crippen LogP contribution is 2.33. The number of amides is 1. The van der Waals surface area contributed by atoms with Crippen molar-refractivity contribution >= 4 is 35.0 Å². The summed E-state index contributed by atoms with van der Waals surface area (Å²) < 4.78 is 23.4. The molecule has 0 saturated carbocycles. The average molecular weight is 497 g/mol. The number of carbonyl (C=O) groups is 4. The fraction of sp³-hybridized carbons (Fsp3) is 0.348. The van der Waals surface area contributed by atoms with Crippen LogP contribution in [0.3, 0.4) is 0 Å². The Morgan fingerprint density at radius 3 is 2.36 bits per heavy atom. The van der Waals surface area contributed by atoms with Crippen LogP contribution < -0.4 is 5.49 Å². The number of esters is 3. The van der Waals surface area contributed by atoms with Crippen LogP contribution in [-0.2, 0) is 33.3 Å². The molecule has 0 spiro atoms. The SMILES string of the molecule is CC(=O)OC[C@H]1O[C@@H](n2cnc3nc[nH]c3c2=NC(=O)c2ccccc2)[C@H](OC(C)=O)[C@@H]1OC(C)=O. The molecule has 4 atom stereocenters. The first-order valence-corrected chi connectivity index (χ1v) is 10.9. The second kappa shape index (κ2) is 10.5. The Morgan fingerprint density at radius 1 is 1.00 bits per heavy atom. The molecule has 1 aromatic carbocycles. The minimum atomic E-state index is -1.18. The van der Waals surface area contributed by atoms with Crippen LogP contribution in [0, 0.1) is 0 Å². The Labute approximate surface area is 204 Å². The van der Waals surface area contributed by atoms with Crippen LogP contribution in [0.4, 0.5) is 0 Å². The van der Waals surface area contributed by atoms with E-state index in [1.54, 1.807) is 30.3 Å². The van der Waals surface area contributed by atoms with E-state index >= 15 is 0 Å². The number of hydrogen-bond donors (Lipinski definition) is 1. The van der Waals surface area contributed by atoms with Crippen molar-refractivity contribution in [3.05, 3.63) is 54.0 Å². The van der Waals surface area contributed by atoms with Gasteiger partial charge in [0.05, 0.1) is 6.33 Å². The highest BCUT2D eigenvalue weighted by molar-refractivity contribution is 5.95. The molecule has 13 nitrogen and oxygen atoms in total. The van der Waals surface area contributed by atoms with Gasteiger partial charge in [-0.25, -0.2) is 9.97 Å². The van der Waals surface area contributed by atoms with Crippen LogP contribution in [-0.4, -0.2) is 68.3 Å². The summed E-state index contributed by atoms with van der Waals surface area (Å²) in [5.41, 5.74) is 1.02. The number of carbonyl (C=O) groups excluding carboxylic acids is 4. The Bertz CT molecular complexity index is 1370. The van der Waals surface area contributed by atoms with Gasteiger partial charge in [0.2, 0.25) is 0 Å². The number of hydrogen-bond acceptors (Lipinski definition) is 10. The van der Waals surface area contributed by atoms with E-state index in [2.05, 4.69) is 19.9 Å². The van der Waals surface area contributed by atoms with Gasteiger partial charge >= 0.3 is 17.9 Å². The van der Waals surface area contributed by atoms with Gasteiger partial charge in [-0.05, 0) is 12.1 Å². The van der Waals surface area contributed by atoms with Crippen LogP contribution in [0.15, 0.2) is 48.0 Å². The molecular formula is C23H23N5O8. The molecule has 1 N–H and O–H groups in total. The molecule has 1 amide bonds. The number of fused-ring (bicyclic) bond motifs is 1. The Kier molecular flexibility index (Phi) is 7.20. The number of rotatable bonds is 6. The third-order valence-electron chi connectivity index (χ3n) is 5.23. The lowest BCUT2D eigenvalue weighted by Crippen LogP contribution is -2.42. The number of imidazole rings is 1. The summed E-state index contributed by atoms with van der Waals surface area (Å²) in [5, 5.41) is 0. The molecule has 2 aromatic heterocycles. The van der Waals surface area contributed by atoms with Crippen molar-refractivity contribution in [1.29, 1.82) is 0 Å². The molecular weight excluding hydrogens is 474 g/mol. The second-order valence-electron chi connectivity index (χ2n) is 7.88. The van der Waals surface area contributed by atoms with Crippen molar-refractivity contribution in [2.75, 3.05) is 6.61 Å². The first kappa shape index (κ1) is 24.7. The summed E-state index contributed by atoms with van der Waals surface area (Å²) in [7, 11) is 0. The Morgan fingerprint density at radius 2 is 1.69 bits per heavy atom. The predicted molar refractivity (Wildman–Crippen MR) is 120 cm³/mol. The maximum atomic E-state index is 13.0. The van der Waals surface area contributed by atoms with Crippen LogP contribution in [0.5, 0.6) is 0 Å². The van der Waals surface area contributed by atoms with E-state index in [1.807, 2.05) is 0 Å². The van der Waals surface area contributed by atoms with Gasteiger partial charge in [0, 0.05) is 26.3 Å². The number of H-pyrrole nitrogens is 1. The van der Waals surface area contributed by atoms with Gasteiger partial charge in [0.15, 0.2) is 29.6 Å². The van der Waals surface area contributed by atoms with Crippen molar-refractivity contribution in [2.24, 2.45) is 4.99 Å². The van der Waals surface area contributed by atoms with Gasteiger partial charge < -0.3 is 23.9 Å². The van der Waals surface area contributed by atoms with Crippen LogP contribution >= 0.6 is 0 Å². The van der Waals surface area contributed by atoms with E-state index in [4.69, 9.17) is 18.9 Å². The lowest BCUT2D eigenvalue weighted by atomic mass is 10.1. The topological polar surface area (TPSA) is 164 Å². The van der Waals surface area contributed by atoms with E-state index in [1.165, 1.54) is 38.0 Å². The van der Waals surface area contributed by atoms with Crippen LogP contribution in [0.2, 0.25) is 0 Å². The zero-order valence-corrected chi connectivity index (χ0v) is 19.6. The van der Waals surface area contributed by atoms with Crippen molar-refractivity contribution in [3.63, 3.8) is 0 Å². The monoisotopic (exact) mass is 497 g/mol. The van der Waals surface area contributed by atoms with E-state index in [-0.39, 0.29) is 17.7 Å². The minimum Gasteiger partial charge on any atom is -0.463 e. The number of ether oxygens (including phenoxy) is 4. The maximum absolute atomic E-state index is 13.0. The predicted octanol–water partition coefficient (Wildman–Crippen LogP) is 0.824.